The molecule has 3 amide bonds. The van der Waals surface area contributed by atoms with E-state index in [9.17, 15) is 14.4 Å². The molecule has 0 saturated carbocycles. The van der Waals surface area contributed by atoms with Crippen molar-refractivity contribution in [2.45, 2.75) is 19.8 Å². The third kappa shape index (κ3) is 6.39. The van der Waals surface area contributed by atoms with Crippen molar-refractivity contribution in [2.75, 3.05) is 26.7 Å². The number of primary amides is 1. The van der Waals surface area contributed by atoms with Crippen LogP contribution in [0.25, 0.3) is 0 Å². The highest BCUT2D eigenvalue weighted by atomic mass is 16.4. The fourth-order valence-corrected chi connectivity index (χ4v) is 1.31. The van der Waals surface area contributed by atoms with E-state index in [1.165, 1.54) is 9.80 Å². The van der Waals surface area contributed by atoms with Crippen LogP contribution in [0.3, 0.4) is 0 Å². The van der Waals surface area contributed by atoms with E-state index in [0.717, 1.165) is 0 Å². The maximum atomic E-state index is 11.8. The summed E-state index contributed by atoms with van der Waals surface area (Å²) in [6.07, 6.45) is 0.394. The summed E-state index contributed by atoms with van der Waals surface area (Å²) in [5, 5.41) is 8.46. The molecule has 7 heteroatoms. The number of carbonyl (C=O) groups excluding carboxylic acids is 2. The van der Waals surface area contributed by atoms with Crippen LogP contribution in [0.15, 0.2) is 0 Å². The molecule has 0 bridgehead atoms. The van der Waals surface area contributed by atoms with E-state index in [1.54, 1.807) is 14.0 Å². The van der Waals surface area contributed by atoms with Gasteiger partial charge in [0.25, 0.3) is 0 Å². The third-order valence-electron chi connectivity index (χ3n) is 2.21. The Labute approximate surface area is 100 Å². The Bertz CT molecular complexity index is 293. The number of nitrogens with two attached hydrogens (primary N) is 1. The van der Waals surface area contributed by atoms with Crippen molar-refractivity contribution >= 4 is 17.9 Å². The average molecular weight is 245 g/mol. The van der Waals surface area contributed by atoms with E-state index in [2.05, 4.69) is 0 Å². The van der Waals surface area contributed by atoms with Gasteiger partial charge in [-0.05, 0) is 13.3 Å². The van der Waals surface area contributed by atoms with Crippen LogP contribution in [-0.4, -0.2) is 59.5 Å². The Hall–Kier alpha value is -1.79. The molecule has 0 heterocycles. The summed E-state index contributed by atoms with van der Waals surface area (Å²) in [4.78, 5) is 35.5. The van der Waals surface area contributed by atoms with Gasteiger partial charge in [-0.25, -0.2) is 4.79 Å². The summed E-state index contributed by atoms with van der Waals surface area (Å²) in [5.41, 5.74) is 5.02. The second-order valence-corrected chi connectivity index (χ2v) is 3.68. The fraction of sp³-hybridized carbons (Fsp3) is 0.700. The van der Waals surface area contributed by atoms with Crippen molar-refractivity contribution in [3.63, 3.8) is 0 Å². The highest BCUT2D eigenvalue weighted by Crippen LogP contribution is 1.99. The number of urea groups is 1. The van der Waals surface area contributed by atoms with Gasteiger partial charge in [0.05, 0.1) is 0 Å². The molecular weight excluding hydrogens is 226 g/mol. The summed E-state index contributed by atoms with van der Waals surface area (Å²) in [6.45, 7) is 2.33. The van der Waals surface area contributed by atoms with E-state index in [-0.39, 0.29) is 19.0 Å². The number of aliphatic carboxylic acids is 1. The Morgan fingerprint density at radius 1 is 1.29 bits per heavy atom. The van der Waals surface area contributed by atoms with Crippen LogP contribution < -0.4 is 5.73 Å². The zero-order valence-corrected chi connectivity index (χ0v) is 10.2. The minimum Gasteiger partial charge on any atom is -0.481 e. The van der Waals surface area contributed by atoms with Crippen LogP contribution in [0.1, 0.15) is 19.8 Å². The Balaban J connectivity index is 4.16. The van der Waals surface area contributed by atoms with Crippen LogP contribution in [0.5, 0.6) is 0 Å². The largest absolute Gasteiger partial charge is 0.481 e. The maximum Gasteiger partial charge on any atom is 0.320 e. The van der Waals surface area contributed by atoms with Crippen LogP contribution >= 0.6 is 0 Å². The molecule has 0 aliphatic heterocycles. The van der Waals surface area contributed by atoms with Crippen molar-refractivity contribution < 1.29 is 19.5 Å². The molecule has 17 heavy (non-hydrogen) atoms. The first kappa shape index (κ1) is 15.2. The van der Waals surface area contributed by atoms with E-state index < -0.39 is 11.9 Å². The number of rotatable bonds is 7. The number of amides is 3. The molecular formula is C10H19N3O4. The fourth-order valence-electron chi connectivity index (χ4n) is 1.31. The lowest BCUT2D eigenvalue weighted by molar-refractivity contribution is -0.137. The van der Waals surface area contributed by atoms with Crippen molar-refractivity contribution in [1.29, 1.82) is 0 Å². The van der Waals surface area contributed by atoms with Crippen LogP contribution in [0.2, 0.25) is 0 Å². The van der Waals surface area contributed by atoms with Crippen molar-refractivity contribution in [1.82, 2.24) is 9.80 Å². The summed E-state index contributed by atoms with van der Waals surface area (Å²) in [5.74, 6) is -1.46. The summed E-state index contributed by atoms with van der Waals surface area (Å²) in [7, 11) is 1.56. The molecule has 0 rings (SSSR count). The van der Waals surface area contributed by atoms with Gasteiger partial charge in [-0.1, -0.05) is 0 Å². The predicted octanol–water partition coefficient (Wildman–Crippen LogP) is -0.290. The van der Waals surface area contributed by atoms with Gasteiger partial charge in [0, 0.05) is 26.6 Å². The molecule has 0 radical (unpaired) electrons. The van der Waals surface area contributed by atoms with Gasteiger partial charge in [0.2, 0.25) is 5.91 Å². The molecule has 98 valence electrons. The predicted molar refractivity (Wildman–Crippen MR) is 61.3 cm³/mol. The van der Waals surface area contributed by atoms with Crippen LogP contribution in [-0.2, 0) is 9.59 Å². The summed E-state index contributed by atoms with van der Waals surface area (Å²) < 4.78 is 0. The van der Waals surface area contributed by atoms with Gasteiger partial charge in [0.1, 0.15) is 6.54 Å². The van der Waals surface area contributed by atoms with Gasteiger partial charge in [-0.3, -0.25) is 9.59 Å². The van der Waals surface area contributed by atoms with E-state index >= 15 is 0 Å². The molecule has 7 nitrogen and oxygen atoms in total. The molecule has 0 aliphatic rings. The topological polar surface area (TPSA) is 104 Å². The molecule has 0 atom stereocenters. The van der Waals surface area contributed by atoms with Crippen molar-refractivity contribution in [3.05, 3.63) is 0 Å². The number of hydrogen-bond donors (Lipinski definition) is 2. The lowest BCUT2D eigenvalue weighted by Gasteiger charge is -2.26. The normalized spacial score (nSPS) is 9.76. The Kier molecular flexibility index (Phi) is 6.69. The number of likely N-dealkylation sites (N-methyl/N-ethyl adjacent to an activating group) is 1. The van der Waals surface area contributed by atoms with Gasteiger partial charge in [-0.15, -0.1) is 0 Å². The van der Waals surface area contributed by atoms with Crippen LogP contribution in [0, 0.1) is 0 Å². The minimum absolute atomic E-state index is 0.0135. The first-order chi connectivity index (χ1) is 7.88. The standard InChI is InChI=1S/C10H19N3O4/c1-3-13(7-8(11)14)10(17)12(2)6-4-5-9(15)16/h3-7H2,1-2H3,(H2,11,14)(H,15,16). The lowest BCUT2D eigenvalue weighted by Crippen LogP contribution is -2.45. The maximum absolute atomic E-state index is 11.8. The summed E-state index contributed by atoms with van der Waals surface area (Å²) >= 11 is 0. The van der Waals surface area contributed by atoms with E-state index in [1.807, 2.05) is 0 Å². The molecule has 0 fully saturated rings. The SMILES string of the molecule is CCN(CC(N)=O)C(=O)N(C)CCCC(=O)O. The molecule has 0 saturated heterocycles. The van der Waals surface area contributed by atoms with E-state index in [4.69, 9.17) is 10.8 Å². The number of nitrogens with zero attached hydrogens (tertiary/aromatic N) is 2. The van der Waals surface area contributed by atoms with Crippen molar-refractivity contribution in [3.8, 4) is 0 Å². The average Bonchev–Trinajstić information content (AvgIpc) is 2.23. The quantitative estimate of drug-likeness (QED) is 0.643. The number of hydrogen-bond acceptors (Lipinski definition) is 3. The molecule has 0 aliphatic carbocycles. The highest BCUT2D eigenvalue weighted by molar-refractivity contribution is 5.82. The first-order valence-electron chi connectivity index (χ1n) is 5.38. The van der Waals surface area contributed by atoms with E-state index in [0.29, 0.717) is 19.5 Å². The molecule has 0 aromatic heterocycles. The number of carbonyl (C=O) groups is 3. The van der Waals surface area contributed by atoms with Gasteiger partial charge < -0.3 is 20.6 Å². The first-order valence-corrected chi connectivity index (χ1v) is 5.38. The monoisotopic (exact) mass is 245 g/mol. The van der Waals surface area contributed by atoms with Gasteiger partial charge in [-0.2, -0.15) is 0 Å². The summed E-state index contributed by atoms with van der Waals surface area (Å²) in [6, 6.07) is -0.323. The van der Waals surface area contributed by atoms with Crippen LogP contribution in [0.4, 0.5) is 4.79 Å². The number of carboxylic acids is 1. The van der Waals surface area contributed by atoms with Gasteiger partial charge in [0.15, 0.2) is 0 Å². The zero-order valence-electron chi connectivity index (χ0n) is 10.2. The lowest BCUT2D eigenvalue weighted by atomic mass is 10.3. The van der Waals surface area contributed by atoms with Gasteiger partial charge >= 0.3 is 12.0 Å². The molecule has 3 N–H and O–H groups in total. The smallest absolute Gasteiger partial charge is 0.320 e. The third-order valence-corrected chi connectivity index (χ3v) is 2.21. The zero-order chi connectivity index (χ0) is 13.4. The Morgan fingerprint density at radius 3 is 2.29 bits per heavy atom. The highest BCUT2D eigenvalue weighted by Gasteiger charge is 2.17. The molecule has 0 unspecified atom stereocenters. The molecule has 0 spiro atoms. The Morgan fingerprint density at radius 2 is 1.88 bits per heavy atom. The van der Waals surface area contributed by atoms with Crippen molar-refractivity contribution in [2.24, 2.45) is 5.73 Å². The molecule has 0 aromatic carbocycles. The minimum atomic E-state index is -0.893. The number of carboxylic acid groups (broad SMARTS) is 1. The molecule has 0 aromatic rings. The second kappa shape index (κ2) is 7.48. The second-order valence-electron chi connectivity index (χ2n) is 3.68.